The third kappa shape index (κ3) is 6.88. The van der Waals surface area contributed by atoms with Gasteiger partial charge in [0.2, 0.25) is 5.91 Å². The standard InChI is InChI=1S/C33H41N3O5/c1-23(2)34(4)32(39)28-21-36(31(38)20-27(28)26-13-9-10-14-29(26)41-5)22-33(40)15-17-35(18-16-33)30(37)19-24(3)25-11-7-6-8-12-25/h6-14,20-21,23-24,40H,15-19,22H2,1-5H3. The average molecular weight is 560 g/mol. The molecule has 0 aliphatic carbocycles. The monoisotopic (exact) mass is 559 g/mol. The minimum atomic E-state index is -1.18. The van der Waals surface area contributed by atoms with E-state index < -0.39 is 5.60 Å². The summed E-state index contributed by atoms with van der Waals surface area (Å²) in [4.78, 5) is 43.4. The van der Waals surface area contributed by atoms with E-state index in [1.165, 1.54) is 10.6 Å². The molecule has 1 fully saturated rings. The smallest absolute Gasteiger partial charge is 0.255 e. The Labute approximate surface area is 242 Å². The Bertz CT molecular complexity index is 1420. The summed E-state index contributed by atoms with van der Waals surface area (Å²) in [6, 6.07) is 18.6. The largest absolute Gasteiger partial charge is 0.496 e. The zero-order valence-electron chi connectivity index (χ0n) is 24.7. The predicted octanol–water partition coefficient (Wildman–Crippen LogP) is 4.55. The molecule has 1 unspecified atom stereocenters. The van der Waals surface area contributed by atoms with Gasteiger partial charge in [-0.3, -0.25) is 14.4 Å². The topological polar surface area (TPSA) is 92.1 Å². The average Bonchev–Trinajstić information content (AvgIpc) is 2.97. The molecule has 1 aromatic heterocycles. The van der Waals surface area contributed by atoms with Crippen LogP contribution in [0.2, 0.25) is 0 Å². The lowest BCUT2D eigenvalue weighted by molar-refractivity contribution is -0.136. The van der Waals surface area contributed by atoms with Crippen LogP contribution in [-0.4, -0.2) is 70.2 Å². The first kappa shape index (κ1) is 30.1. The fourth-order valence-corrected chi connectivity index (χ4v) is 5.32. The van der Waals surface area contributed by atoms with Gasteiger partial charge in [-0.15, -0.1) is 0 Å². The van der Waals surface area contributed by atoms with Crippen LogP contribution in [0.25, 0.3) is 11.1 Å². The van der Waals surface area contributed by atoms with Crippen molar-refractivity contribution in [1.29, 1.82) is 0 Å². The molecule has 2 amide bonds. The minimum Gasteiger partial charge on any atom is -0.496 e. The van der Waals surface area contributed by atoms with Crippen molar-refractivity contribution in [1.82, 2.24) is 14.4 Å². The van der Waals surface area contributed by atoms with Crippen molar-refractivity contribution in [2.75, 3.05) is 27.2 Å². The van der Waals surface area contributed by atoms with Crippen molar-refractivity contribution in [3.63, 3.8) is 0 Å². The van der Waals surface area contributed by atoms with Crippen molar-refractivity contribution in [2.45, 2.75) is 64.1 Å². The summed E-state index contributed by atoms with van der Waals surface area (Å²) < 4.78 is 6.95. The van der Waals surface area contributed by atoms with E-state index in [1.807, 2.05) is 69.3 Å². The summed E-state index contributed by atoms with van der Waals surface area (Å²) in [7, 11) is 3.28. The second-order valence-electron chi connectivity index (χ2n) is 11.4. The van der Waals surface area contributed by atoms with Gasteiger partial charge in [-0.2, -0.15) is 0 Å². The second kappa shape index (κ2) is 12.7. The summed E-state index contributed by atoms with van der Waals surface area (Å²) in [6.07, 6.45) is 2.65. The third-order valence-electron chi connectivity index (χ3n) is 8.21. The Morgan fingerprint density at radius 1 is 1.00 bits per heavy atom. The van der Waals surface area contributed by atoms with Gasteiger partial charge in [-0.05, 0) is 44.2 Å². The molecule has 218 valence electrons. The second-order valence-corrected chi connectivity index (χ2v) is 11.4. The van der Waals surface area contributed by atoms with Gasteiger partial charge in [0.25, 0.3) is 11.5 Å². The van der Waals surface area contributed by atoms with E-state index in [-0.39, 0.29) is 35.9 Å². The van der Waals surface area contributed by atoms with Crippen LogP contribution in [0.4, 0.5) is 0 Å². The normalized spacial score (nSPS) is 15.4. The first-order chi connectivity index (χ1) is 19.5. The zero-order chi connectivity index (χ0) is 29.7. The Morgan fingerprint density at radius 3 is 2.27 bits per heavy atom. The molecular formula is C33H41N3O5. The number of ether oxygens (including phenoxy) is 1. The number of carbonyl (C=O) groups is 2. The first-order valence-electron chi connectivity index (χ1n) is 14.2. The fourth-order valence-electron chi connectivity index (χ4n) is 5.32. The van der Waals surface area contributed by atoms with Gasteiger partial charge in [-0.1, -0.05) is 55.5 Å². The van der Waals surface area contributed by atoms with Gasteiger partial charge in [-0.25, -0.2) is 0 Å². The van der Waals surface area contributed by atoms with Crippen LogP contribution in [-0.2, 0) is 11.3 Å². The van der Waals surface area contributed by atoms with E-state index in [2.05, 4.69) is 0 Å². The summed E-state index contributed by atoms with van der Waals surface area (Å²) in [6.45, 7) is 6.75. The molecule has 0 radical (unpaired) electrons. The number of hydrogen-bond acceptors (Lipinski definition) is 5. The Balaban J connectivity index is 1.55. The molecule has 1 N–H and O–H groups in total. The first-order valence-corrected chi connectivity index (χ1v) is 14.2. The van der Waals surface area contributed by atoms with Gasteiger partial charge < -0.3 is 24.2 Å². The molecule has 1 aliphatic heterocycles. The molecule has 1 saturated heterocycles. The molecule has 8 nitrogen and oxygen atoms in total. The van der Waals surface area contributed by atoms with Crippen molar-refractivity contribution in [3.05, 3.63) is 88.3 Å². The number of piperidine rings is 1. The minimum absolute atomic E-state index is 0.0339. The molecule has 2 aromatic carbocycles. The molecule has 4 rings (SSSR count). The molecule has 1 aliphatic rings. The van der Waals surface area contributed by atoms with Crippen molar-refractivity contribution in [2.24, 2.45) is 0 Å². The highest BCUT2D eigenvalue weighted by Gasteiger charge is 2.35. The van der Waals surface area contributed by atoms with Gasteiger partial charge >= 0.3 is 0 Å². The number of rotatable bonds is 9. The number of likely N-dealkylation sites (tertiary alicyclic amines) is 1. The highest BCUT2D eigenvalue weighted by molar-refractivity contribution is 6.01. The van der Waals surface area contributed by atoms with E-state index in [1.54, 1.807) is 36.2 Å². The van der Waals surface area contributed by atoms with Crippen LogP contribution in [0.5, 0.6) is 5.75 Å². The molecule has 0 spiro atoms. The van der Waals surface area contributed by atoms with Crippen LogP contribution in [0.3, 0.4) is 0 Å². The molecule has 1 atom stereocenters. The molecule has 2 heterocycles. The number of amides is 2. The summed E-state index contributed by atoms with van der Waals surface area (Å²) in [5, 5.41) is 11.5. The van der Waals surface area contributed by atoms with E-state index in [0.29, 0.717) is 54.8 Å². The van der Waals surface area contributed by atoms with Gasteiger partial charge in [0.05, 0.1) is 24.8 Å². The Kier molecular flexibility index (Phi) is 9.33. The Hall–Kier alpha value is -3.91. The van der Waals surface area contributed by atoms with E-state index in [4.69, 9.17) is 4.74 Å². The quantitative estimate of drug-likeness (QED) is 0.415. The summed E-state index contributed by atoms with van der Waals surface area (Å²) >= 11 is 0. The predicted molar refractivity (Wildman–Crippen MR) is 160 cm³/mol. The van der Waals surface area contributed by atoms with Crippen LogP contribution in [0.1, 0.15) is 61.9 Å². The van der Waals surface area contributed by atoms with Crippen molar-refractivity contribution < 1.29 is 19.4 Å². The summed E-state index contributed by atoms with van der Waals surface area (Å²) in [5.74, 6) is 0.494. The SMILES string of the molecule is COc1ccccc1-c1cc(=O)n(CC2(O)CCN(C(=O)CC(C)c3ccccc3)CC2)cc1C(=O)N(C)C(C)C. The molecular weight excluding hydrogens is 518 g/mol. The highest BCUT2D eigenvalue weighted by atomic mass is 16.5. The van der Waals surface area contributed by atoms with Gasteiger partial charge in [0.1, 0.15) is 5.75 Å². The van der Waals surface area contributed by atoms with Gasteiger partial charge in [0, 0.05) is 56.0 Å². The number of para-hydroxylation sites is 1. The number of hydrogen-bond donors (Lipinski definition) is 1. The molecule has 0 bridgehead atoms. The number of aromatic nitrogens is 1. The van der Waals surface area contributed by atoms with Crippen molar-refractivity contribution in [3.8, 4) is 16.9 Å². The fraction of sp³-hybridized carbons (Fsp3) is 0.424. The number of methoxy groups -OCH3 is 1. The Morgan fingerprint density at radius 2 is 1.63 bits per heavy atom. The van der Waals surface area contributed by atoms with Crippen LogP contribution in [0.15, 0.2) is 71.7 Å². The summed E-state index contributed by atoms with van der Waals surface area (Å²) in [5.41, 5.74) is 1.12. The van der Waals surface area contributed by atoms with Crippen LogP contribution < -0.4 is 10.3 Å². The van der Waals surface area contributed by atoms with Gasteiger partial charge in [0.15, 0.2) is 0 Å². The van der Waals surface area contributed by atoms with E-state index in [0.717, 1.165) is 5.56 Å². The zero-order valence-corrected chi connectivity index (χ0v) is 24.7. The number of nitrogens with zero attached hydrogens (tertiary/aromatic N) is 3. The van der Waals surface area contributed by atoms with Crippen LogP contribution in [0, 0.1) is 0 Å². The molecule has 3 aromatic rings. The molecule has 8 heteroatoms. The lowest BCUT2D eigenvalue weighted by atomic mass is 9.90. The van der Waals surface area contributed by atoms with Crippen LogP contribution >= 0.6 is 0 Å². The molecule has 0 saturated carbocycles. The number of carbonyl (C=O) groups excluding carboxylic acids is 2. The number of pyridine rings is 1. The third-order valence-corrected chi connectivity index (χ3v) is 8.21. The highest BCUT2D eigenvalue weighted by Crippen LogP contribution is 2.33. The lowest BCUT2D eigenvalue weighted by Crippen LogP contribution is -2.49. The van der Waals surface area contributed by atoms with E-state index >= 15 is 0 Å². The number of benzene rings is 2. The number of aliphatic hydroxyl groups is 1. The maximum atomic E-state index is 13.6. The van der Waals surface area contributed by atoms with Crippen molar-refractivity contribution >= 4 is 11.8 Å². The maximum absolute atomic E-state index is 13.6. The molecule has 41 heavy (non-hydrogen) atoms. The lowest BCUT2D eigenvalue weighted by Gasteiger charge is -2.39. The van der Waals surface area contributed by atoms with E-state index in [9.17, 15) is 19.5 Å². The maximum Gasteiger partial charge on any atom is 0.255 e.